The molecule has 0 amide bonds. The summed E-state index contributed by atoms with van der Waals surface area (Å²) in [6.07, 6.45) is 1.67. The van der Waals surface area contributed by atoms with Crippen LogP contribution >= 0.6 is 0 Å². The Bertz CT molecular complexity index is 655. The summed E-state index contributed by atoms with van der Waals surface area (Å²) < 4.78 is 0. The molecule has 0 saturated carbocycles. The predicted octanol–water partition coefficient (Wildman–Crippen LogP) is 3.84. The molecule has 0 saturated heterocycles. The van der Waals surface area contributed by atoms with E-state index in [1.807, 2.05) is 14.1 Å². The fourth-order valence-electron chi connectivity index (χ4n) is 2.65. The number of benzene rings is 1. The van der Waals surface area contributed by atoms with E-state index in [9.17, 15) is 0 Å². The Labute approximate surface area is 151 Å². The Morgan fingerprint density at radius 1 is 1.04 bits per heavy atom. The SMILES string of the molecule is CC(C)c1cccc(C(C)C)c1Nc1cnnc(NCCN(C)C)n1. The van der Waals surface area contributed by atoms with Gasteiger partial charge in [-0.25, -0.2) is 0 Å². The van der Waals surface area contributed by atoms with E-state index in [0.717, 1.165) is 18.8 Å². The van der Waals surface area contributed by atoms with Gasteiger partial charge in [-0.05, 0) is 37.1 Å². The molecular formula is C19H30N6. The van der Waals surface area contributed by atoms with Gasteiger partial charge in [-0.3, -0.25) is 0 Å². The van der Waals surface area contributed by atoms with Crippen LogP contribution in [-0.4, -0.2) is 47.3 Å². The lowest BCUT2D eigenvalue weighted by molar-refractivity contribution is 0.425. The summed E-state index contributed by atoms with van der Waals surface area (Å²) in [6.45, 7) is 10.5. The second kappa shape index (κ2) is 8.76. The number of nitrogens with one attached hydrogen (secondary N) is 2. The maximum atomic E-state index is 4.55. The molecule has 0 aliphatic carbocycles. The third kappa shape index (κ3) is 5.39. The van der Waals surface area contributed by atoms with Crippen molar-refractivity contribution < 1.29 is 0 Å². The zero-order valence-electron chi connectivity index (χ0n) is 16.2. The summed E-state index contributed by atoms with van der Waals surface area (Å²) in [5, 5.41) is 14.8. The van der Waals surface area contributed by atoms with Crippen molar-refractivity contribution in [2.75, 3.05) is 37.8 Å². The average molecular weight is 342 g/mol. The van der Waals surface area contributed by atoms with E-state index in [1.54, 1.807) is 6.20 Å². The summed E-state index contributed by atoms with van der Waals surface area (Å²) in [6, 6.07) is 6.47. The first-order valence-corrected chi connectivity index (χ1v) is 8.86. The minimum absolute atomic E-state index is 0.425. The van der Waals surface area contributed by atoms with Crippen LogP contribution < -0.4 is 10.6 Å². The van der Waals surface area contributed by atoms with Crippen molar-refractivity contribution in [2.45, 2.75) is 39.5 Å². The van der Waals surface area contributed by atoms with E-state index in [4.69, 9.17) is 0 Å². The van der Waals surface area contributed by atoms with Crippen LogP contribution in [0.3, 0.4) is 0 Å². The number of aromatic nitrogens is 3. The zero-order chi connectivity index (χ0) is 18.4. The molecule has 2 N–H and O–H groups in total. The van der Waals surface area contributed by atoms with E-state index in [-0.39, 0.29) is 0 Å². The molecule has 1 aromatic carbocycles. The molecule has 0 fully saturated rings. The molecule has 25 heavy (non-hydrogen) atoms. The molecule has 6 heteroatoms. The molecule has 136 valence electrons. The molecule has 0 aliphatic heterocycles. The van der Waals surface area contributed by atoms with Crippen molar-refractivity contribution in [1.82, 2.24) is 20.1 Å². The molecule has 0 aliphatic rings. The minimum Gasteiger partial charge on any atom is -0.352 e. The van der Waals surface area contributed by atoms with E-state index in [1.165, 1.54) is 11.1 Å². The number of para-hydroxylation sites is 1. The Morgan fingerprint density at radius 3 is 2.24 bits per heavy atom. The first-order valence-electron chi connectivity index (χ1n) is 8.86. The smallest absolute Gasteiger partial charge is 0.244 e. The quantitative estimate of drug-likeness (QED) is 0.760. The number of hydrogen-bond acceptors (Lipinski definition) is 6. The standard InChI is InChI=1S/C19H30N6/c1-13(2)15-8-7-9-16(14(3)4)18(15)22-17-12-21-24-19(23-17)20-10-11-25(5)6/h7-9,12-14H,10-11H2,1-6H3,(H2,20,22,23,24). The fourth-order valence-corrected chi connectivity index (χ4v) is 2.65. The van der Waals surface area contributed by atoms with Crippen LogP contribution in [0.25, 0.3) is 0 Å². The van der Waals surface area contributed by atoms with Crippen molar-refractivity contribution in [2.24, 2.45) is 0 Å². The Balaban J connectivity index is 2.24. The van der Waals surface area contributed by atoms with Gasteiger partial charge in [0, 0.05) is 18.8 Å². The van der Waals surface area contributed by atoms with E-state index < -0.39 is 0 Å². The molecule has 0 unspecified atom stereocenters. The largest absolute Gasteiger partial charge is 0.352 e. The lowest BCUT2D eigenvalue weighted by Gasteiger charge is -2.20. The van der Waals surface area contributed by atoms with Crippen LogP contribution in [0.1, 0.15) is 50.7 Å². The molecule has 0 spiro atoms. The lowest BCUT2D eigenvalue weighted by Crippen LogP contribution is -2.21. The number of nitrogens with zero attached hydrogens (tertiary/aromatic N) is 4. The lowest BCUT2D eigenvalue weighted by atomic mass is 9.92. The van der Waals surface area contributed by atoms with Crippen molar-refractivity contribution in [3.63, 3.8) is 0 Å². The van der Waals surface area contributed by atoms with E-state index in [0.29, 0.717) is 23.6 Å². The number of rotatable bonds is 8. The topological polar surface area (TPSA) is 66.0 Å². The monoisotopic (exact) mass is 342 g/mol. The van der Waals surface area contributed by atoms with Crippen LogP contribution in [0.4, 0.5) is 17.5 Å². The van der Waals surface area contributed by atoms with Gasteiger partial charge in [0.15, 0.2) is 5.82 Å². The Kier molecular flexibility index (Phi) is 6.70. The van der Waals surface area contributed by atoms with Gasteiger partial charge in [-0.1, -0.05) is 45.9 Å². The molecular weight excluding hydrogens is 312 g/mol. The first-order chi connectivity index (χ1) is 11.9. The summed E-state index contributed by atoms with van der Waals surface area (Å²) >= 11 is 0. The Morgan fingerprint density at radius 2 is 1.68 bits per heavy atom. The van der Waals surface area contributed by atoms with Crippen LogP contribution in [0.2, 0.25) is 0 Å². The van der Waals surface area contributed by atoms with Crippen LogP contribution in [0.5, 0.6) is 0 Å². The van der Waals surface area contributed by atoms with Gasteiger partial charge in [-0.2, -0.15) is 10.1 Å². The van der Waals surface area contributed by atoms with Crippen LogP contribution in [0.15, 0.2) is 24.4 Å². The number of likely N-dealkylation sites (N-methyl/N-ethyl adjacent to an activating group) is 1. The molecule has 2 aromatic rings. The minimum atomic E-state index is 0.425. The van der Waals surface area contributed by atoms with Crippen molar-refractivity contribution in [1.29, 1.82) is 0 Å². The van der Waals surface area contributed by atoms with Crippen molar-refractivity contribution in [3.8, 4) is 0 Å². The molecule has 0 atom stereocenters. The predicted molar refractivity (Wildman–Crippen MR) is 105 cm³/mol. The highest BCUT2D eigenvalue weighted by Crippen LogP contribution is 2.34. The molecule has 1 heterocycles. The van der Waals surface area contributed by atoms with Crippen molar-refractivity contribution >= 4 is 17.5 Å². The highest BCUT2D eigenvalue weighted by molar-refractivity contribution is 5.66. The molecule has 6 nitrogen and oxygen atoms in total. The van der Waals surface area contributed by atoms with Gasteiger partial charge in [0.05, 0.1) is 6.20 Å². The van der Waals surface area contributed by atoms with E-state index in [2.05, 4.69) is 76.6 Å². The summed E-state index contributed by atoms with van der Waals surface area (Å²) in [4.78, 5) is 6.66. The van der Waals surface area contributed by atoms with Gasteiger partial charge < -0.3 is 15.5 Å². The second-order valence-corrected chi connectivity index (χ2v) is 7.14. The molecule has 1 aromatic heterocycles. The Hall–Kier alpha value is -2.21. The maximum Gasteiger partial charge on any atom is 0.244 e. The first kappa shape index (κ1) is 19.1. The molecule has 2 rings (SSSR count). The molecule has 0 radical (unpaired) electrons. The van der Waals surface area contributed by atoms with Gasteiger partial charge >= 0.3 is 0 Å². The summed E-state index contributed by atoms with van der Waals surface area (Å²) in [5.74, 6) is 2.10. The zero-order valence-corrected chi connectivity index (χ0v) is 16.2. The summed E-state index contributed by atoms with van der Waals surface area (Å²) in [5.41, 5.74) is 3.70. The number of anilines is 3. The van der Waals surface area contributed by atoms with Gasteiger partial charge in [0.25, 0.3) is 0 Å². The maximum absolute atomic E-state index is 4.55. The highest BCUT2D eigenvalue weighted by Gasteiger charge is 2.14. The van der Waals surface area contributed by atoms with Gasteiger partial charge in [0.2, 0.25) is 5.95 Å². The van der Waals surface area contributed by atoms with E-state index >= 15 is 0 Å². The van der Waals surface area contributed by atoms with Crippen LogP contribution in [0, 0.1) is 0 Å². The van der Waals surface area contributed by atoms with Gasteiger partial charge in [0.1, 0.15) is 0 Å². The number of hydrogen-bond donors (Lipinski definition) is 2. The molecule has 0 bridgehead atoms. The average Bonchev–Trinajstić information content (AvgIpc) is 2.54. The third-order valence-electron chi connectivity index (χ3n) is 4.03. The van der Waals surface area contributed by atoms with Crippen LogP contribution in [-0.2, 0) is 0 Å². The summed E-state index contributed by atoms with van der Waals surface area (Å²) in [7, 11) is 4.07. The highest BCUT2D eigenvalue weighted by atomic mass is 15.3. The third-order valence-corrected chi connectivity index (χ3v) is 4.03. The van der Waals surface area contributed by atoms with Crippen molar-refractivity contribution in [3.05, 3.63) is 35.5 Å². The normalized spacial score (nSPS) is 11.4. The second-order valence-electron chi connectivity index (χ2n) is 7.14. The fraction of sp³-hybridized carbons (Fsp3) is 0.526. The van der Waals surface area contributed by atoms with Gasteiger partial charge in [-0.15, -0.1) is 5.10 Å².